The Kier molecular flexibility index (Phi) is 7.30. The van der Waals surface area contributed by atoms with Gasteiger partial charge < -0.3 is 16.0 Å². The van der Waals surface area contributed by atoms with E-state index in [1.165, 1.54) is 11.1 Å². The number of sulfone groups is 1. The fourth-order valence-corrected chi connectivity index (χ4v) is 7.66. The Hall–Kier alpha value is -3.21. The van der Waals surface area contributed by atoms with Crippen molar-refractivity contribution in [1.82, 2.24) is 15.1 Å². The summed E-state index contributed by atoms with van der Waals surface area (Å²) in [5.74, 6) is -0.859. The molecule has 1 aromatic carbocycles. The molecule has 0 radical (unpaired) electrons. The number of benzene rings is 1. The van der Waals surface area contributed by atoms with Crippen LogP contribution in [0.15, 0.2) is 30.5 Å². The molecule has 204 valence electrons. The Morgan fingerprint density at radius 2 is 1.76 bits per heavy atom. The zero-order valence-corrected chi connectivity index (χ0v) is 22.5. The molecular formula is C27H35N5O5S. The topological polar surface area (TPSA) is 139 Å². The largest absolute Gasteiger partial charge is 0.339 e. The Balaban J connectivity index is 1.36. The lowest BCUT2D eigenvalue weighted by Gasteiger charge is -2.31. The van der Waals surface area contributed by atoms with Gasteiger partial charge in [0.2, 0.25) is 11.8 Å². The first-order chi connectivity index (χ1) is 18.2. The van der Waals surface area contributed by atoms with Crippen LogP contribution in [0.1, 0.15) is 73.8 Å². The van der Waals surface area contributed by atoms with E-state index in [0.717, 1.165) is 44.1 Å². The maximum atomic E-state index is 13.6. The second-order valence-corrected chi connectivity index (χ2v) is 13.1. The standard InChI is InChI=1S/C27H35N5O5S/c1-32-22(11-14-28-32)24(33)31-23(18-7-5-3-2-4-6-8-18)25(34)29-19-9-10-20-21(17-19)30-26(35)27(20)12-15-38(36,37)16-13-27/h9-11,14,17-18,23H,2-8,12-13,15-16H2,1H3,(H,29,34)(H,30,35)(H,31,33). The van der Waals surface area contributed by atoms with Gasteiger partial charge in [-0.05, 0) is 55.4 Å². The number of hydrogen-bond acceptors (Lipinski definition) is 6. The van der Waals surface area contributed by atoms with E-state index in [1.807, 2.05) is 0 Å². The van der Waals surface area contributed by atoms with Crippen LogP contribution in [0.25, 0.3) is 0 Å². The number of aromatic nitrogens is 2. The SMILES string of the molecule is Cn1nccc1C(=O)NC(C(=O)Nc1ccc2c(c1)NC(=O)C21CCS(=O)(=O)CC1)C1CCCCCCC1. The summed E-state index contributed by atoms with van der Waals surface area (Å²) in [7, 11) is -1.44. The predicted molar refractivity (Wildman–Crippen MR) is 144 cm³/mol. The quantitative estimate of drug-likeness (QED) is 0.532. The molecule has 0 bridgehead atoms. The maximum Gasteiger partial charge on any atom is 0.270 e. The fraction of sp³-hybridized carbons (Fsp3) is 0.556. The molecular weight excluding hydrogens is 506 g/mol. The van der Waals surface area contributed by atoms with Crippen molar-refractivity contribution in [3.8, 4) is 0 Å². The van der Waals surface area contributed by atoms with E-state index >= 15 is 0 Å². The number of aryl methyl sites for hydroxylation is 1. The lowest BCUT2D eigenvalue weighted by Crippen LogP contribution is -2.49. The Morgan fingerprint density at radius 1 is 1.08 bits per heavy atom. The minimum Gasteiger partial charge on any atom is -0.339 e. The first kappa shape index (κ1) is 26.4. The number of fused-ring (bicyclic) bond motifs is 2. The van der Waals surface area contributed by atoms with Crippen LogP contribution in [-0.4, -0.2) is 53.5 Å². The second-order valence-electron chi connectivity index (χ2n) is 10.8. The number of carbonyl (C=O) groups is 3. The molecule has 10 nitrogen and oxygen atoms in total. The van der Waals surface area contributed by atoms with E-state index in [-0.39, 0.29) is 48.0 Å². The minimum absolute atomic E-state index is 0.00839. The number of anilines is 2. The number of nitrogens with zero attached hydrogens (tertiary/aromatic N) is 2. The summed E-state index contributed by atoms with van der Waals surface area (Å²) in [4.78, 5) is 39.6. The highest BCUT2D eigenvalue weighted by Gasteiger charge is 2.49. The molecule has 2 aromatic rings. The van der Waals surface area contributed by atoms with Crippen molar-refractivity contribution in [2.75, 3.05) is 22.1 Å². The first-order valence-electron chi connectivity index (χ1n) is 13.4. The Labute approximate surface area is 222 Å². The molecule has 38 heavy (non-hydrogen) atoms. The van der Waals surface area contributed by atoms with Crippen molar-refractivity contribution < 1.29 is 22.8 Å². The lowest BCUT2D eigenvalue weighted by atomic mass is 9.76. The first-order valence-corrected chi connectivity index (χ1v) is 15.3. The van der Waals surface area contributed by atoms with Gasteiger partial charge in [-0.25, -0.2) is 8.42 Å². The van der Waals surface area contributed by atoms with Crippen LogP contribution in [0.5, 0.6) is 0 Å². The third kappa shape index (κ3) is 5.21. The van der Waals surface area contributed by atoms with Gasteiger partial charge in [-0.1, -0.05) is 38.2 Å². The summed E-state index contributed by atoms with van der Waals surface area (Å²) < 4.78 is 25.4. The van der Waals surface area contributed by atoms with Gasteiger partial charge in [0.15, 0.2) is 0 Å². The van der Waals surface area contributed by atoms with E-state index in [1.54, 1.807) is 37.5 Å². The van der Waals surface area contributed by atoms with Gasteiger partial charge in [0.25, 0.3) is 5.91 Å². The van der Waals surface area contributed by atoms with Gasteiger partial charge in [-0.2, -0.15) is 5.10 Å². The molecule has 1 aliphatic carbocycles. The molecule has 1 saturated carbocycles. The molecule has 1 saturated heterocycles. The smallest absolute Gasteiger partial charge is 0.270 e. The molecule has 2 aliphatic heterocycles. The molecule has 3 amide bonds. The van der Waals surface area contributed by atoms with Crippen LogP contribution in [0.3, 0.4) is 0 Å². The molecule has 1 unspecified atom stereocenters. The average Bonchev–Trinajstić information content (AvgIpc) is 3.40. The monoisotopic (exact) mass is 541 g/mol. The molecule has 1 atom stereocenters. The van der Waals surface area contributed by atoms with E-state index in [9.17, 15) is 22.8 Å². The summed E-state index contributed by atoms with van der Waals surface area (Å²) >= 11 is 0. The van der Waals surface area contributed by atoms with Crippen LogP contribution in [0.2, 0.25) is 0 Å². The summed E-state index contributed by atoms with van der Waals surface area (Å²) in [6, 6.07) is 6.19. The highest BCUT2D eigenvalue weighted by molar-refractivity contribution is 7.91. The zero-order valence-electron chi connectivity index (χ0n) is 21.7. The number of hydrogen-bond donors (Lipinski definition) is 3. The summed E-state index contributed by atoms with van der Waals surface area (Å²) in [6.45, 7) is 0. The number of amides is 3. The van der Waals surface area contributed by atoms with E-state index in [4.69, 9.17) is 0 Å². The molecule has 3 aliphatic rings. The van der Waals surface area contributed by atoms with Crippen molar-refractivity contribution >= 4 is 38.9 Å². The summed E-state index contributed by atoms with van der Waals surface area (Å²) in [5, 5.41) is 12.9. The average molecular weight is 542 g/mol. The minimum atomic E-state index is -3.13. The van der Waals surface area contributed by atoms with Crippen molar-refractivity contribution in [2.24, 2.45) is 13.0 Å². The second kappa shape index (κ2) is 10.5. The van der Waals surface area contributed by atoms with Crippen LogP contribution in [0, 0.1) is 5.92 Å². The summed E-state index contributed by atoms with van der Waals surface area (Å²) in [5.41, 5.74) is 1.42. The molecule has 11 heteroatoms. The van der Waals surface area contributed by atoms with Crippen LogP contribution in [-0.2, 0) is 31.9 Å². The highest BCUT2D eigenvalue weighted by atomic mass is 32.2. The third-order valence-electron chi connectivity index (χ3n) is 8.41. The molecule has 5 rings (SSSR count). The van der Waals surface area contributed by atoms with Gasteiger partial charge in [0.05, 0.1) is 16.9 Å². The Bertz CT molecular complexity index is 1330. The van der Waals surface area contributed by atoms with E-state index < -0.39 is 21.3 Å². The fourth-order valence-electron chi connectivity index (χ4n) is 6.14. The van der Waals surface area contributed by atoms with Crippen LogP contribution < -0.4 is 16.0 Å². The molecule has 3 N–H and O–H groups in total. The van der Waals surface area contributed by atoms with Crippen molar-refractivity contribution in [3.05, 3.63) is 41.7 Å². The predicted octanol–water partition coefficient (Wildman–Crippen LogP) is 2.92. The van der Waals surface area contributed by atoms with E-state index in [0.29, 0.717) is 17.1 Å². The number of nitrogens with one attached hydrogen (secondary N) is 3. The third-order valence-corrected chi connectivity index (χ3v) is 10.1. The van der Waals surface area contributed by atoms with E-state index in [2.05, 4.69) is 21.0 Å². The highest BCUT2D eigenvalue weighted by Crippen LogP contribution is 2.46. The molecule has 1 aromatic heterocycles. The van der Waals surface area contributed by atoms with Crippen molar-refractivity contribution in [3.63, 3.8) is 0 Å². The van der Waals surface area contributed by atoms with Gasteiger partial charge >= 0.3 is 0 Å². The van der Waals surface area contributed by atoms with Gasteiger partial charge in [0.1, 0.15) is 21.6 Å². The molecule has 1 spiro atoms. The molecule has 3 heterocycles. The van der Waals surface area contributed by atoms with Crippen molar-refractivity contribution in [2.45, 2.75) is 69.2 Å². The number of carbonyl (C=O) groups excluding carboxylic acids is 3. The maximum absolute atomic E-state index is 13.6. The molecule has 2 fully saturated rings. The van der Waals surface area contributed by atoms with Gasteiger partial charge in [-0.15, -0.1) is 0 Å². The zero-order chi connectivity index (χ0) is 26.9. The van der Waals surface area contributed by atoms with Gasteiger partial charge in [-0.3, -0.25) is 19.1 Å². The number of rotatable bonds is 5. The Morgan fingerprint density at radius 3 is 2.42 bits per heavy atom. The van der Waals surface area contributed by atoms with Gasteiger partial charge in [0, 0.05) is 24.6 Å². The van der Waals surface area contributed by atoms with Crippen LogP contribution in [0.4, 0.5) is 11.4 Å². The summed E-state index contributed by atoms with van der Waals surface area (Å²) in [6.07, 6.45) is 9.23. The van der Waals surface area contributed by atoms with Crippen LogP contribution >= 0.6 is 0 Å². The van der Waals surface area contributed by atoms with Crippen molar-refractivity contribution in [1.29, 1.82) is 0 Å². The lowest BCUT2D eigenvalue weighted by molar-refractivity contribution is -0.121. The normalized spacial score (nSPS) is 21.6.